The zero-order valence-corrected chi connectivity index (χ0v) is 14.8. The zero-order valence-electron chi connectivity index (χ0n) is 14.0. The predicted molar refractivity (Wildman–Crippen MR) is 94.8 cm³/mol. The van der Waals surface area contributed by atoms with Crippen molar-refractivity contribution in [2.24, 2.45) is 5.10 Å². The van der Waals surface area contributed by atoms with Gasteiger partial charge >= 0.3 is 0 Å². The Morgan fingerprint density at radius 2 is 1.64 bits per heavy atom. The van der Waals surface area contributed by atoms with Crippen molar-refractivity contribution in [3.05, 3.63) is 48.0 Å². The molecule has 0 atom stereocenters. The third-order valence-corrected chi connectivity index (χ3v) is 4.37. The molecule has 2 rings (SSSR count). The highest BCUT2D eigenvalue weighted by Gasteiger charge is 2.12. The van der Waals surface area contributed by atoms with Crippen molar-refractivity contribution in [3.8, 4) is 17.2 Å². The quantitative estimate of drug-likeness (QED) is 0.554. The number of benzene rings is 2. The standard InChI is InChI=1S/C17H20N2O5S/c1-3-23-14-7-9-16(10-8-14)25(21,22)19-18-12-13-5-6-15(24-4-2)11-17(13)20/h5-12,19-20H,3-4H2,1-2H3/b18-12+. The number of phenolic OH excluding ortho intramolecular Hbond substituents is 1. The molecule has 0 aliphatic carbocycles. The number of nitrogens with one attached hydrogen (secondary N) is 1. The maximum atomic E-state index is 12.2. The van der Waals surface area contributed by atoms with Gasteiger partial charge in [0.25, 0.3) is 10.0 Å². The highest BCUT2D eigenvalue weighted by Crippen LogP contribution is 2.22. The summed E-state index contributed by atoms with van der Waals surface area (Å²) in [5.41, 5.74) is 0.359. The van der Waals surface area contributed by atoms with Crippen LogP contribution in [0.15, 0.2) is 52.5 Å². The fourth-order valence-electron chi connectivity index (χ4n) is 1.99. The van der Waals surface area contributed by atoms with Crippen LogP contribution in [0, 0.1) is 0 Å². The summed E-state index contributed by atoms with van der Waals surface area (Å²) in [4.78, 5) is 2.16. The van der Waals surface area contributed by atoms with E-state index < -0.39 is 10.0 Å². The van der Waals surface area contributed by atoms with Gasteiger partial charge in [0.2, 0.25) is 0 Å². The van der Waals surface area contributed by atoms with Gasteiger partial charge in [-0.3, -0.25) is 0 Å². The number of ether oxygens (including phenoxy) is 2. The second kappa shape index (κ2) is 8.39. The van der Waals surface area contributed by atoms with Crippen molar-refractivity contribution >= 4 is 16.2 Å². The summed E-state index contributed by atoms with van der Waals surface area (Å²) in [6, 6.07) is 10.7. The van der Waals surface area contributed by atoms with E-state index in [9.17, 15) is 13.5 Å². The molecule has 0 aromatic heterocycles. The molecule has 7 nitrogen and oxygen atoms in total. The second-order valence-electron chi connectivity index (χ2n) is 4.91. The van der Waals surface area contributed by atoms with E-state index in [2.05, 4.69) is 9.93 Å². The van der Waals surface area contributed by atoms with E-state index in [0.29, 0.717) is 30.3 Å². The summed E-state index contributed by atoms with van der Waals surface area (Å²) in [5.74, 6) is 1.05. The molecule has 0 aliphatic heterocycles. The van der Waals surface area contributed by atoms with Gasteiger partial charge in [-0.25, -0.2) is 4.83 Å². The van der Waals surface area contributed by atoms with Crippen LogP contribution in [0.5, 0.6) is 17.2 Å². The molecule has 0 amide bonds. The molecular weight excluding hydrogens is 344 g/mol. The first-order valence-corrected chi connectivity index (χ1v) is 9.18. The highest BCUT2D eigenvalue weighted by atomic mass is 32.2. The lowest BCUT2D eigenvalue weighted by Gasteiger charge is -2.06. The monoisotopic (exact) mass is 364 g/mol. The van der Waals surface area contributed by atoms with Gasteiger partial charge in [-0.05, 0) is 50.2 Å². The second-order valence-corrected chi connectivity index (χ2v) is 6.57. The van der Waals surface area contributed by atoms with E-state index in [1.165, 1.54) is 24.4 Å². The van der Waals surface area contributed by atoms with Crippen LogP contribution in [-0.2, 0) is 10.0 Å². The molecule has 0 bridgehead atoms. The summed E-state index contributed by atoms with van der Waals surface area (Å²) in [5, 5.41) is 13.6. The molecule has 0 saturated heterocycles. The minimum Gasteiger partial charge on any atom is -0.507 e. The lowest BCUT2D eigenvalue weighted by Crippen LogP contribution is -2.18. The van der Waals surface area contributed by atoms with Gasteiger partial charge in [0.15, 0.2) is 0 Å². The fourth-order valence-corrected chi connectivity index (χ4v) is 2.78. The van der Waals surface area contributed by atoms with E-state index in [1.807, 2.05) is 13.8 Å². The average molecular weight is 364 g/mol. The van der Waals surface area contributed by atoms with Crippen LogP contribution in [0.25, 0.3) is 0 Å². The Kier molecular flexibility index (Phi) is 6.24. The number of rotatable bonds is 8. The Hall–Kier alpha value is -2.74. The zero-order chi connectivity index (χ0) is 18.3. The molecular formula is C17H20N2O5S. The largest absolute Gasteiger partial charge is 0.507 e. The molecule has 0 unspecified atom stereocenters. The Morgan fingerprint density at radius 3 is 2.24 bits per heavy atom. The number of sulfonamides is 1. The number of hydrazone groups is 1. The van der Waals surface area contributed by atoms with E-state index in [0.717, 1.165) is 0 Å². The smallest absolute Gasteiger partial charge is 0.276 e. The van der Waals surface area contributed by atoms with E-state index in [-0.39, 0.29) is 10.6 Å². The summed E-state index contributed by atoms with van der Waals surface area (Å²) in [6.07, 6.45) is 1.22. The van der Waals surface area contributed by atoms with Crippen LogP contribution in [0.2, 0.25) is 0 Å². The molecule has 0 spiro atoms. The molecule has 0 radical (unpaired) electrons. The Bertz CT molecular complexity index is 833. The SMILES string of the molecule is CCOc1ccc(S(=O)(=O)N/N=C/c2ccc(OCC)cc2O)cc1. The summed E-state index contributed by atoms with van der Waals surface area (Å²) < 4.78 is 34.9. The van der Waals surface area contributed by atoms with Crippen LogP contribution >= 0.6 is 0 Å². The Labute approximate surface area is 147 Å². The lowest BCUT2D eigenvalue weighted by atomic mass is 10.2. The van der Waals surface area contributed by atoms with Gasteiger partial charge in [-0.15, -0.1) is 0 Å². The Balaban J connectivity index is 2.07. The van der Waals surface area contributed by atoms with Crippen LogP contribution in [0.1, 0.15) is 19.4 Å². The molecule has 25 heavy (non-hydrogen) atoms. The average Bonchev–Trinajstić information content (AvgIpc) is 2.58. The maximum Gasteiger partial charge on any atom is 0.276 e. The first-order chi connectivity index (χ1) is 12.0. The maximum absolute atomic E-state index is 12.2. The van der Waals surface area contributed by atoms with Gasteiger partial charge in [0, 0.05) is 11.6 Å². The Morgan fingerprint density at radius 1 is 1.04 bits per heavy atom. The minimum absolute atomic E-state index is 0.0593. The van der Waals surface area contributed by atoms with Gasteiger partial charge < -0.3 is 14.6 Å². The van der Waals surface area contributed by atoms with Gasteiger partial charge in [-0.2, -0.15) is 13.5 Å². The fraction of sp³-hybridized carbons (Fsp3) is 0.235. The predicted octanol–water partition coefficient (Wildman–Crippen LogP) is 2.50. The van der Waals surface area contributed by atoms with Crippen molar-refractivity contribution in [1.82, 2.24) is 4.83 Å². The van der Waals surface area contributed by atoms with Crippen molar-refractivity contribution in [2.45, 2.75) is 18.7 Å². The first kappa shape index (κ1) is 18.6. The third-order valence-electron chi connectivity index (χ3n) is 3.13. The molecule has 0 aliphatic rings. The summed E-state index contributed by atoms with van der Waals surface area (Å²) in [6.45, 7) is 4.66. The van der Waals surface area contributed by atoms with Crippen LogP contribution in [0.3, 0.4) is 0 Å². The van der Waals surface area contributed by atoms with E-state index >= 15 is 0 Å². The first-order valence-electron chi connectivity index (χ1n) is 7.69. The molecule has 2 aromatic rings. The highest BCUT2D eigenvalue weighted by molar-refractivity contribution is 7.89. The number of phenols is 1. The van der Waals surface area contributed by atoms with Gasteiger partial charge in [-0.1, -0.05) is 0 Å². The molecule has 134 valence electrons. The van der Waals surface area contributed by atoms with Crippen LogP contribution in [0.4, 0.5) is 0 Å². The van der Waals surface area contributed by atoms with Crippen molar-refractivity contribution < 1.29 is 23.0 Å². The molecule has 0 fully saturated rings. The van der Waals surface area contributed by atoms with Crippen molar-refractivity contribution in [3.63, 3.8) is 0 Å². The van der Waals surface area contributed by atoms with Gasteiger partial charge in [0.1, 0.15) is 17.2 Å². The summed E-state index contributed by atoms with van der Waals surface area (Å²) in [7, 11) is -3.80. The number of nitrogens with zero attached hydrogens (tertiary/aromatic N) is 1. The number of aromatic hydroxyl groups is 1. The van der Waals surface area contributed by atoms with E-state index in [1.54, 1.807) is 24.3 Å². The normalized spacial score (nSPS) is 11.4. The lowest BCUT2D eigenvalue weighted by molar-refractivity contribution is 0.337. The topological polar surface area (TPSA) is 97.2 Å². The van der Waals surface area contributed by atoms with Crippen molar-refractivity contribution in [2.75, 3.05) is 13.2 Å². The molecule has 2 N–H and O–H groups in total. The third kappa shape index (κ3) is 5.12. The molecule has 0 saturated carbocycles. The molecule has 2 aromatic carbocycles. The minimum atomic E-state index is -3.80. The van der Waals surface area contributed by atoms with E-state index in [4.69, 9.17) is 9.47 Å². The molecule has 8 heteroatoms. The van der Waals surface area contributed by atoms with Crippen molar-refractivity contribution in [1.29, 1.82) is 0 Å². The van der Waals surface area contributed by atoms with Crippen LogP contribution < -0.4 is 14.3 Å². The van der Waals surface area contributed by atoms with Gasteiger partial charge in [0.05, 0.1) is 24.3 Å². The summed E-state index contributed by atoms with van der Waals surface area (Å²) >= 11 is 0. The van der Waals surface area contributed by atoms with Crippen LogP contribution in [-0.4, -0.2) is 33.0 Å². The molecule has 0 heterocycles. The number of hydrogen-bond acceptors (Lipinski definition) is 6. The number of hydrogen-bond donors (Lipinski definition) is 2.